The highest BCUT2D eigenvalue weighted by Crippen LogP contribution is 2.34. The number of phenolic OH excluding ortho intramolecular Hbond substituents is 1. The van der Waals surface area contributed by atoms with Crippen LogP contribution in [-0.4, -0.2) is 49.0 Å². The van der Waals surface area contributed by atoms with E-state index in [0.29, 0.717) is 17.3 Å². The van der Waals surface area contributed by atoms with Crippen molar-refractivity contribution in [3.8, 4) is 22.7 Å². The lowest BCUT2D eigenvalue weighted by Gasteiger charge is -2.49. The fourth-order valence-corrected chi connectivity index (χ4v) is 4.70. The molecule has 3 aromatic rings. The maximum atomic E-state index is 10.5. The predicted molar refractivity (Wildman–Crippen MR) is 119 cm³/mol. The Bertz CT molecular complexity index is 995. The number of hydrogen-bond acceptors (Lipinski definition) is 6. The molecule has 1 aliphatic heterocycles. The fraction of sp³-hybridized carbons (Fsp3) is 0.435. The van der Waals surface area contributed by atoms with Crippen molar-refractivity contribution in [1.82, 2.24) is 25.1 Å². The number of anilines is 1. The van der Waals surface area contributed by atoms with Crippen molar-refractivity contribution in [2.75, 3.05) is 11.9 Å². The quantitative estimate of drug-likeness (QED) is 0.686. The van der Waals surface area contributed by atoms with E-state index in [-0.39, 0.29) is 16.8 Å². The van der Waals surface area contributed by atoms with E-state index in [9.17, 15) is 5.11 Å². The molecule has 0 saturated carbocycles. The van der Waals surface area contributed by atoms with Crippen LogP contribution >= 0.6 is 0 Å². The molecule has 1 aliphatic rings. The van der Waals surface area contributed by atoms with Crippen LogP contribution in [0.15, 0.2) is 49.1 Å². The van der Waals surface area contributed by atoms with E-state index in [1.54, 1.807) is 18.6 Å². The van der Waals surface area contributed by atoms with Gasteiger partial charge in [0.05, 0.1) is 17.7 Å². The van der Waals surface area contributed by atoms with Gasteiger partial charge in [-0.15, -0.1) is 10.2 Å². The zero-order valence-corrected chi connectivity index (χ0v) is 18.3. The Hall–Kier alpha value is -2.93. The monoisotopic (exact) mass is 406 g/mol. The highest BCUT2D eigenvalue weighted by Gasteiger charge is 2.39. The van der Waals surface area contributed by atoms with Crippen LogP contribution in [0.5, 0.6) is 5.75 Å². The summed E-state index contributed by atoms with van der Waals surface area (Å²) >= 11 is 0. The molecule has 1 fully saturated rings. The number of piperidine rings is 1. The van der Waals surface area contributed by atoms with E-state index in [1.165, 1.54) is 0 Å². The topological polar surface area (TPSA) is 79.1 Å². The highest BCUT2D eigenvalue weighted by atomic mass is 16.3. The second-order valence-electron chi connectivity index (χ2n) is 9.51. The van der Waals surface area contributed by atoms with Crippen molar-refractivity contribution in [1.29, 1.82) is 0 Å². The molecule has 158 valence electrons. The van der Waals surface area contributed by atoms with Gasteiger partial charge in [-0.1, -0.05) is 0 Å². The van der Waals surface area contributed by atoms with Crippen LogP contribution in [0, 0.1) is 0 Å². The standard InChI is InChI=1S/C23H30N6O/c1-22(2)13-17(14-23(3,4)27-22)28(5)21-9-8-19(25-26-21)18-7-6-16(12-20(18)30)29-11-10-24-15-29/h6-12,15,17,27,30H,13-14H2,1-5H3. The molecule has 1 saturated heterocycles. The summed E-state index contributed by atoms with van der Waals surface area (Å²) in [4.78, 5) is 6.27. The molecule has 1 aromatic carbocycles. The summed E-state index contributed by atoms with van der Waals surface area (Å²) in [7, 11) is 2.09. The van der Waals surface area contributed by atoms with Crippen LogP contribution in [0.2, 0.25) is 0 Å². The third kappa shape index (κ3) is 4.16. The van der Waals surface area contributed by atoms with Crippen LogP contribution in [0.1, 0.15) is 40.5 Å². The molecule has 0 amide bonds. The molecule has 0 unspecified atom stereocenters. The first-order chi connectivity index (χ1) is 14.1. The molecule has 3 heterocycles. The Morgan fingerprint density at radius 1 is 1.07 bits per heavy atom. The number of phenols is 1. The van der Waals surface area contributed by atoms with Crippen molar-refractivity contribution in [2.24, 2.45) is 0 Å². The van der Waals surface area contributed by atoms with E-state index in [2.05, 4.69) is 60.1 Å². The predicted octanol–water partition coefficient (Wildman–Crippen LogP) is 3.78. The first kappa shape index (κ1) is 20.3. The Labute approximate surface area is 177 Å². The number of nitrogens with zero attached hydrogens (tertiary/aromatic N) is 5. The van der Waals surface area contributed by atoms with Gasteiger partial charge in [-0.25, -0.2) is 4.98 Å². The van der Waals surface area contributed by atoms with Gasteiger partial charge in [0, 0.05) is 48.2 Å². The van der Waals surface area contributed by atoms with Crippen molar-refractivity contribution in [3.63, 3.8) is 0 Å². The smallest absolute Gasteiger partial charge is 0.151 e. The summed E-state index contributed by atoms with van der Waals surface area (Å²) in [6.45, 7) is 9.00. The second kappa shape index (κ2) is 7.40. The molecule has 30 heavy (non-hydrogen) atoms. The Kier molecular flexibility index (Phi) is 5.02. The summed E-state index contributed by atoms with van der Waals surface area (Å²) in [5, 5.41) is 23.1. The SMILES string of the molecule is CN(c1ccc(-c2ccc(-n3ccnc3)cc2O)nn1)C1CC(C)(C)NC(C)(C)C1. The van der Waals surface area contributed by atoms with E-state index in [0.717, 1.165) is 24.3 Å². The van der Waals surface area contributed by atoms with E-state index in [1.807, 2.05) is 35.0 Å². The highest BCUT2D eigenvalue weighted by molar-refractivity contribution is 5.69. The molecule has 4 rings (SSSR count). The number of aromatic nitrogens is 4. The second-order valence-corrected chi connectivity index (χ2v) is 9.51. The van der Waals surface area contributed by atoms with Gasteiger partial charge in [-0.2, -0.15) is 0 Å². The Morgan fingerprint density at radius 2 is 1.80 bits per heavy atom. The molecule has 0 aliphatic carbocycles. The first-order valence-corrected chi connectivity index (χ1v) is 10.3. The summed E-state index contributed by atoms with van der Waals surface area (Å²) < 4.78 is 1.84. The van der Waals surface area contributed by atoms with Gasteiger partial charge in [0.2, 0.25) is 0 Å². The molecular weight excluding hydrogens is 376 g/mol. The van der Waals surface area contributed by atoms with Gasteiger partial charge in [0.25, 0.3) is 0 Å². The lowest BCUT2D eigenvalue weighted by Crippen LogP contribution is -2.62. The lowest BCUT2D eigenvalue weighted by atomic mass is 9.79. The van der Waals surface area contributed by atoms with E-state index >= 15 is 0 Å². The third-order valence-electron chi connectivity index (χ3n) is 5.79. The Balaban J connectivity index is 1.54. The van der Waals surface area contributed by atoms with Crippen LogP contribution < -0.4 is 10.2 Å². The van der Waals surface area contributed by atoms with Gasteiger partial charge in [0.15, 0.2) is 5.82 Å². The van der Waals surface area contributed by atoms with Crippen LogP contribution in [0.4, 0.5) is 5.82 Å². The van der Waals surface area contributed by atoms with Crippen molar-refractivity contribution < 1.29 is 5.11 Å². The van der Waals surface area contributed by atoms with E-state index < -0.39 is 0 Å². The van der Waals surface area contributed by atoms with Gasteiger partial charge >= 0.3 is 0 Å². The zero-order valence-electron chi connectivity index (χ0n) is 18.3. The van der Waals surface area contributed by atoms with E-state index in [4.69, 9.17) is 0 Å². The molecule has 7 nitrogen and oxygen atoms in total. The third-order valence-corrected chi connectivity index (χ3v) is 5.79. The number of hydrogen-bond donors (Lipinski definition) is 2. The molecule has 7 heteroatoms. The van der Waals surface area contributed by atoms with Crippen LogP contribution in [0.25, 0.3) is 16.9 Å². The number of aromatic hydroxyl groups is 1. The van der Waals surface area contributed by atoms with Crippen molar-refractivity contribution >= 4 is 5.82 Å². The zero-order chi connectivity index (χ0) is 21.5. The summed E-state index contributed by atoms with van der Waals surface area (Å²) in [5.74, 6) is 1.00. The minimum atomic E-state index is 0.0663. The summed E-state index contributed by atoms with van der Waals surface area (Å²) in [6, 6.07) is 9.76. The normalized spacial score (nSPS) is 18.3. The van der Waals surface area contributed by atoms with Crippen molar-refractivity contribution in [2.45, 2.75) is 57.7 Å². The van der Waals surface area contributed by atoms with Crippen LogP contribution in [0.3, 0.4) is 0 Å². The molecule has 0 bridgehead atoms. The molecule has 2 aromatic heterocycles. The number of imidazole rings is 1. The van der Waals surface area contributed by atoms with Crippen LogP contribution in [-0.2, 0) is 0 Å². The summed E-state index contributed by atoms with van der Waals surface area (Å²) in [6.07, 6.45) is 7.31. The average molecular weight is 407 g/mol. The molecule has 0 atom stereocenters. The average Bonchev–Trinajstić information content (AvgIpc) is 3.20. The largest absolute Gasteiger partial charge is 0.507 e. The maximum Gasteiger partial charge on any atom is 0.151 e. The minimum absolute atomic E-state index is 0.0663. The Morgan fingerprint density at radius 3 is 2.37 bits per heavy atom. The molecule has 0 radical (unpaired) electrons. The lowest BCUT2D eigenvalue weighted by molar-refractivity contribution is 0.160. The van der Waals surface area contributed by atoms with Gasteiger partial charge in [0.1, 0.15) is 5.75 Å². The summed E-state index contributed by atoms with van der Waals surface area (Å²) in [5.41, 5.74) is 2.28. The van der Waals surface area contributed by atoms with Crippen molar-refractivity contribution in [3.05, 3.63) is 49.1 Å². The first-order valence-electron chi connectivity index (χ1n) is 10.3. The number of benzene rings is 1. The molecular formula is C23H30N6O. The number of nitrogens with one attached hydrogen (secondary N) is 1. The minimum Gasteiger partial charge on any atom is -0.507 e. The maximum absolute atomic E-state index is 10.5. The van der Waals surface area contributed by atoms with Gasteiger partial charge in [-0.3, -0.25) is 0 Å². The molecule has 2 N–H and O–H groups in total. The van der Waals surface area contributed by atoms with Gasteiger partial charge in [-0.05, 0) is 64.8 Å². The number of rotatable bonds is 4. The fourth-order valence-electron chi connectivity index (χ4n) is 4.70. The molecule has 0 spiro atoms. The van der Waals surface area contributed by atoms with Gasteiger partial charge < -0.3 is 19.9 Å².